The quantitative estimate of drug-likeness (QED) is 0.653. The van der Waals surface area contributed by atoms with E-state index in [-0.39, 0.29) is 5.91 Å². The number of hydrogen-bond acceptors (Lipinski definition) is 4. The van der Waals surface area contributed by atoms with E-state index >= 15 is 0 Å². The number of aromatic nitrogens is 1. The van der Waals surface area contributed by atoms with Crippen molar-refractivity contribution in [1.82, 2.24) is 14.8 Å². The molecule has 0 saturated carbocycles. The monoisotopic (exact) mass is 395 g/mol. The number of carbonyl (C=O) groups excluding carboxylic acids is 1. The largest absolute Gasteiger partial charge is 0.496 e. The first-order chi connectivity index (χ1) is 14.2. The number of carbonyl (C=O) groups is 1. The molecule has 0 N–H and O–H groups in total. The molecule has 1 saturated heterocycles. The lowest BCUT2D eigenvalue weighted by atomic mass is 9.96. The van der Waals surface area contributed by atoms with Crippen LogP contribution in [0.1, 0.15) is 30.4 Å². The summed E-state index contributed by atoms with van der Waals surface area (Å²) in [6, 6.07) is 12.2. The maximum Gasteiger partial charge on any atom is 0.222 e. The van der Waals surface area contributed by atoms with Crippen molar-refractivity contribution in [3.63, 3.8) is 0 Å². The Morgan fingerprint density at radius 2 is 2.10 bits per heavy atom. The third-order valence-corrected chi connectivity index (χ3v) is 5.80. The minimum Gasteiger partial charge on any atom is -0.496 e. The summed E-state index contributed by atoms with van der Waals surface area (Å²) in [5, 5.41) is 0. The van der Waals surface area contributed by atoms with Gasteiger partial charge in [0.2, 0.25) is 5.91 Å². The SMILES string of the molecule is COc1ccccc1CCN1CCCC(CN(C)C(=O)CCc2cccnc2)C1. The molecule has 1 fully saturated rings. The van der Waals surface area contributed by atoms with E-state index in [1.807, 2.05) is 42.4 Å². The molecule has 0 radical (unpaired) electrons. The number of aryl methyl sites for hydroxylation is 1. The van der Waals surface area contributed by atoms with Crippen molar-refractivity contribution >= 4 is 5.91 Å². The Kier molecular flexibility index (Phi) is 8.05. The van der Waals surface area contributed by atoms with Gasteiger partial charge in [-0.3, -0.25) is 9.78 Å². The molecular weight excluding hydrogens is 362 g/mol. The lowest BCUT2D eigenvalue weighted by Gasteiger charge is -2.35. The standard InChI is InChI=1S/C24H33N3O2/c1-26(24(28)12-11-20-7-5-14-25-17-20)18-21-8-6-15-27(19-21)16-13-22-9-3-4-10-23(22)29-2/h3-5,7,9-10,14,17,21H,6,8,11-13,15-16,18-19H2,1-2H3. The molecule has 5 heteroatoms. The van der Waals surface area contributed by atoms with Gasteiger partial charge < -0.3 is 14.5 Å². The van der Waals surface area contributed by atoms with Crippen LogP contribution in [-0.2, 0) is 17.6 Å². The van der Waals surface area contributed by atoms with Crippen LogP contribution in [0.3, 0.4) is 0 Å². The molecule has 1 atom stereocenters. The van der Waals surface area contributed by atoms with Crippen LogP contribution in [-0.4, -0.2) is 61.0 Å². The van der Waals surface area contributed by atoms with Crippen molar-refractivity contribution in [2.75, 3.05) is 40.3 Å². The number of likely N-dealkylation sites (tertiary alicyclic amines) is 1. The van der Waals surface area contributed by atoms with Gasteiger partial charge in [0.1, 0.15) is 5.75 Å². The first kappa shape index (κ1) is 21.3. The van der Waals surface area contributed by atoms with Gasteiger partial charge in [0.05, 0.1) is 7.11 Å². The average Bonchev–Trinajstić information content (AvgIpc) is 2.77. The molecule has 1 aromatic carbocycles. The number of methoxy groups -OCH3 is 1. The molecular formula is C24H33N3O2. The summed E-state index contributed by atoms with van der Waals surface area (Å²) in [6.45, 7) is 4.09. The first-order valence-corrected chi connectivity index (χ1v) is 10.6. The van der Waals surface area contributed by atoms with Crippen molar-refractivity contribution in [3.05, 3.63) is 59.9 Å². The average molecular weight is 396 g/mol. The number of hydrogen-bond donors (Lipinski definition) is 0. The zero-order valence-corrected chi connectivity index (χ0v) is 17.7. The Bertz CT molecular complexity index is 766. The van der Waals surface area contributed by atoms with E-state index in [1.165, 1.54) is 18.4 Å². The molecule has 0 spiro atoms. The highest BCUT2D eigenvalue weighted by Gasteiger charge is 2.22. The minimum absolute atomic E-state index is 0.222. The summed E-state index contributed by atoms with van der Waals surface area (Å²) < 4.78 is 5.47. The fourth-order valence-corrected chi connectivity index (χ4v) is 4.17. The van der Waals surface area contributed by atoms with Gasteiger partial charge in [-0.25, -0.2) is 0 Å². The highest BCUT2D eigenvalue weighted by molar-refractivity contribution is 5.76. The van der Waals surface area contributed by atoms with Gasteiger partial charge in [0.25, 0.3) is 0 Å². The Hall–Kier alpha value is -2.40. The topological polar surface area (TPSA) is 45.7 Å². The van der Waals surface area contributed by atoms with E-state index in [0.29, 0.717) is 12.3 Å². The van der Waals surface area contributed by atoms with Crippen LogP contribution in [0.4, 0.5) is 0 Å². The van der Waals surface area contributed by atoms with Crippen molar-refractivity contribution in [3.8, 4) is 5.75 Å². The van der Waals surface area contributed by atoms with E-state index in [9.17, 15) is 4.79 Å². The van der Waals surface area contributed by atoms with Crippen molar-refractivity contribution < 1.29 is 9.53 Å². The molecule has 2 aromatic rings. The van der Waals surface area contributed by atoms with Gasteiger partial charge >= 0.3 is 0 Å². The second-order valence-electron chi connectivity index (χ2n) is 8.01. The van der Waals surface area contributed by atoms with E-state index in [1.54, 1.807) is 13.3 Å². The van der Waals surface area contributed by atoms with Gasteiger partial charge in [-0.15, -0.1) is 0 Å². The highest BCUT2D eigenvalue weighted by atomic mass is 16.5. The van der Waals surface area contributed by atoms with Crippen LogP contribution >= 0.6 is 0 Å². The number of para-hydroxylation sites is 1. The molecule has 1 amide bonds. The molecule has 1 unspecified atom stereocenters. The smallest absolute Gasteiger partial charge is 0.222 e. The normalized spacial score (nSPS) is 17.1. The third kappa shape index (κ3) is 6.57. The molecule has 156 valence electrons. The zero-order valence-electron chi connectivity index (χ0n) is 17.7. The third-order valence-electron chi connectivity index (χ3n) is 5.80. The summed E-state index contributed by atoms with van der Waals surface area (Å²) in [4.78, 5) is 21.1. The van der Waals surface area contributed by atoms with Crippen molar-refractivity contribution in [2.24, 2.45) is 5.92 Å². The molecule has 1 aliphatic rings. The number of ether oxygens (including phenoxy) is 1. The molecule has 29 heavy (non-hydrogen) atoms. The Morgan fingerprint density at radius 1 is 1.24 bits per heavy atom. The molecule has 0 bridgehead atoms. The van der Waals surface area contributed by atoms with Gasteiger partial charge in [-0.1, -0.05) is 24.3 Å². The van der Waals surface area contributed by atoms with Crippen molar-refractivity contribution in [2.45, 2.75) is 32.1 Å². The van der Waals surface area contributed by atoms with E-state index < -0.39 is 0 Å². The second kappa shape index (κ2) is 11.0. The Morgan fingerprint density at radius 3 is 2.90 bits per heavy atom. The van der Waals surface area contributed by atoms with Crippen LogP contribution in [0.15, 0.2) is 48.8 Å². The molecule has 1 aliphatic heterocycles. The van der Waals surface area contributed by atoms with E-state index in [2.05, 4.69) is 22.0 Å². The summed E-state index contributed by atoms with van der Waals surface area (Å²) in [6.07, 6.45) is 8.31. The van der Waals surface area contributed by atoms with E-state index in [4.69, 9.17) is 4.74 Å². The first-order valence-electron chi connectivity index (χ1n) is 10.6. The van der Waals surface area contributed by atoms with Crippen LogP contribution in [0.25, 0.3) is 0 Å². The minimum atomic E-state index is 0.222. The second-order valence-corrected chi connectivity index (χ2v) is 8.01. The summed E-state index contributed by atoms with van der Waals surface area (Å²) >= 11 is 0. The van der Waals surface area contributed by atoms with Gasteiger partial charge in [-0.05, 0) is 61.4 Å². The lowest BCUT2D eigenvalue weighted by Crippen LogP contribution is -2.42. The van der Waals surface area contributed by atoms with Crippen LogP contribution in [0.2, 0.25) is 0 Å². The Labute approximate surface area is 174 Å². The number of benzene rings is 1. The number of amides is 1. The number of piperidine rings is 1. The highest BCUT2D eigenvalue weighted by Crippen LogP contribution is 2.21. The molecule has 2 heterocycles. The maximum absolute atomic E-state index is 12.5. The fourth-order valence-electron chi connectivity index (χ4n) is 4.17. The summed E-state index contributed by atoms with van der Waals surface area (Å²) in [5.41, 5.74) is 2.38. The summed E-state index contributed by atoms with van der Waals surface area (Å²) in [5.74, 6) is 1.74. The molecule has 3 rings (SSSR count). The van der Waals surface area contributed by atoms with Gasteiger partial charge in [-0.2, -0.15) is 0 Å². The Balaban J connectivity index is 1.43. The molecule has 1 aromatic heterocycles. The number of rotatable bonds is 9. The van der Waals surface area contributed by atoms with Crippen LogP contribution in [0, 0.1) is 5.92 Å². The van der Waals surface area contributed by atoms with E-state index in [0.717, 1.165) is 50.3 Å². The van der Waals surface area contributed by atoms with Gasteiger partial charge in [0.15, 0.2) is 0 Å². The number of pyridine rings is 1. The lowest BCUT2D eigenvalue weighted by molar-refractivity contribution is -0.130. The van der Waals surface area contributed by atoms with Crippen LogP contribution < -0.4 is 4.74 Å². The zero-order chi connectivity index (χ0) is 20.5. The van der Waals surface area contributed by atoms with Crippen molar-refractivity contribution in [1.29, 1.82) is 0 Å². The maximum atomic E-state index is 12.5. The van der Waals surface area contributed by atoms with Gasteiger partial charge in [0, 0.05) is 45.5 Å². The van der Waals surface area contributed by atoms with Crippen LogP contribution in [0.5, 0.6) is 5.75 Å². The molecule has 0 aliphatic carbocycles. The predicted molar refractivity (Wildman–Crippen MR) is 116 cm³/mol. The summed E-state index contributed by atoms with van der Waals surface area (Å²) in [7, 11) is 3.68. The predicted octanol–water partition coefficient (Wildman–Crippen LogP) is 3.44. The number of nitrogens with zero attached hydrogens (tertiary/aromatic N) is 3. The fraction of sp³-hybridized carbons (Fsp3) is 0.500. The molecule has 5 nitrogen and oxygen atoms in total.